The van der Waals surface area contributed by atoms with Gasteiger partial charge in [-0.15, -0.1) is 0 Å². The van der Waals surface area contributed by atoms with Crippen LogP contribution >= 0.6 is 0 Å². The van der Waals surface area contributed by atoms with Gasteiger partial charge in [0.05, 0.1) is 25.4 Å². The lowest BCUT2D eigenvalue weighted by molar-refractivity contribution is 0.0633. The second kappa shape index (κ2) is 11.8. The van der Waals surface area contributed by atoms with Gasteiger partial charge in [-0.3, -0.25) is 0 Å². The van der Waals surface area contributed by atoms with Crippen molar-refractivity contribution >= 4 is 0 Å². The van der Waals surface area contributed by atoms with Crippen molar-refractivity contribution in [3.05, 3.63) is 59.7 Å². The van der Waals surface area contributed by atoms with Crippen LogP contribution in [0.3, 0.4) is 0 Å². The van der Waals surface area contributed by atoms with E-state index in [1.54, 1.807) is 0 Å². The third-order valence-corrected chi connectivity index (χ3v) is 7.91. The van der Waals surface area contributed by atoms with E-state index in [2.05, 4.69) is 76.2 Å². The molecule has 0 heterocycles. The molecule has 0 aliphatic heterocycles. The Balaban J connectivity index is 1.26. The van der Waals surface area contributed by atoms with E-state index in [9.17, 15) is 0 Å². The summed E-state index contributed by atoms with van der Waals surface area (Å²) in [6.45, 7) is 10.4. The molecule has 0 spiro atoms. The van der Waals surface area contributed by atoms with Crippen molar-refractivity contribution in [1.29, 1.82) is 0 Å². The quantitative estimate of drug-likeness (QED) is 0.343. The highest BCUT2D eigenvalue weighted by atomic mass is 16.5. The third-order valence-electron chi connectivity index (χ3n) is 7.91. The molecule has 0 amide bonds. The monoisotopic (exact) mass is 478 g/mol. The van der Waals surface area contributed by atoms with E-state index in [4.69, 9.17) is 14.2 Å². The predicted molar refractivity (Wildman–Crippen MR) is 145 cm³/mol. The zero-order chi connectivity index (χ0) is 24.7. The second-order valence-corrected chi connectivity index (χ2v) is 12.1. The first-order valence-corrected chi connectivity index (χ1v) is 13.9. The van der Waals surface area contributed by atoms with Gasteiger partial charge in [0.25, 0.3) is 0 Å². The van der Waals surface area contributed by atoms with Gasteiger partial charge >= 0.3 is 0 Å². The SMILES string of the molecule is CC(C)(COCC(C)(C)c1ccc(OC2CCCCC2)cc1)c1ccc(OC2CCCCC2)cc1. The van der Waals surface area contributed by atoms with Crippen molar-refractivity contribution in [2.45, 2.75) is 115 Å². The summed E-state index contributed by atoms with van der Waals surface area (Å²) in [5.41, 5.74) is 2.46. The Morgan fingerprint density at radius 3 is 1.23 bits per heavy atom. The van der Waals surface area contributed by atoms with Crippen LogP contribution in [0.4, 0.5) is 0 Å². The summed E-state index contributed by atoms with van der Waals surface area (Å²) in [6, 6.07) is 17.4. The van der Waals surface area contributed by atoms with Crippen molar-refractivity contribution in [2.24, 2.45) is 0 Å². The first-order chi connectivity index (χ1) is 16.8. The van der Waals surface area contributed by atoms with E-state index in [-0.39, 0.29) is 10.8 Å². The van der Waals surface area contributed by atoms with E-state index < -0.39 is 0 Å². The van der Waals surface area contributed by atoms with Crippen LogP contribution in [0, 0.1) is 0 Å². The van der Waals surface area contributed by atoms with Crippen molar-refractivity contribution in [1.82, 2.24) is 0 Å². The van der Waals surface area contributed by atoms with Crippen molar-refractivity contribution in [3.63, 3.8) is 0 Å². The van der Waals surface area contributed by atoms with Gasteiger partial charge in [-0.1, -0.05) is 64.8 Å². The van der Waals surface area contributed by atoms with Crippen LogP contribution in [-0.4, -0.2) is 25.4 Å². The molecule has 0 aromatic heterocycles. The van der Waals surface area contributed by atoms with Gasteiger partial charge in [-0.05, 0) is 86.8 Å². The van der Waals surface area contributed by atoms with Crippen LogP contribution in [0.25, 0.3) is 0 Å². The second-order valence-electron chi connectivity index (χ2n) is 12.1. The maximum atomic E-state index is 6.31. The molecule has 0 atom stereocenters. The van der Waals surface area contributed by atoms with Gasteiger partial charge in [0.1, 0.15) is 11.5 Å². The summed E-state index contributed by atoms with van der Waals surface area (Å²) in [4.78, 5) is 0. The largest absolute Gasteiger partial charge is 0.490 e. The molecule has 0 N–H and O–H groups in total. The first kappa shape index (κ1) is 26.1. The van der Waals surface area contributed by atoms with E-state index in [1.165, 1.54) is 75.3 Å². The normalized spacial score (nSPS) is 18.4. The summed E-state index contributed by atoms with van der Waals surface area (Å²) in [5.74, 6) is 1.99. The molecule has 35 heavy (non-hydrogen) atoms. The van der Waals surface area contributed by atoms with Gasteiger partial charge < -0.3 is 14.2 Å². The summed E-state index contributed by atoms with van der Waals surface area (Å²) < 4.78 is 18.7. The Kier molecular flexibility index (Phi) is 8.81. The fraction of sp³-hybridized carbons (Fsp3) is 0.625. The van der Waals surface area contributed by atoms with Crippen LogP contribution in [0.5, 0.6) is 11.5 Å². The molecule has 2 aliphatic carbocycles. The highest BCUT2D eigenvalue weighted by Gasteiger charge is 2.26. The van der Waals surface area contributed by atoms with Crippen molar-refractivity contribution in [3.8, 4) is 11.5 Å². The standard InChI is InChI=1S/C32H46O3/c1-31(2,25-15-19-29(20-16-25)34-27-11-7-5-8-12-27)23-33-24-32(3,4)26-17-21-30(22-18-26)35-28-13-9-6-10-14-28/h15-22,27-28H,5-14,23-24H2,1-4H3. The summed E-state index contributed by atoms with van der Waals surface area (Å²) in [5, 5.41) is 0. The van der Waals surface area contributed by atoms with Crippen molar-refractivity contribution in [2.75, 3.05) is 13.2 Å². The Bertz CT molecular complexity index is 810. The third kappa shape index (κ3) is 7.49. The number of rotatable bonds is 10. The Morgan fingerprint density at radius 2 is 0.886 bits per heavy atom. The lowest BCUT2D eigenvalue weighted by Gasteiger charge is -2.30. The summed E-state index contributed by atoms with van der Waals surface area (Å²) in [6.07, 6.45) is 13.4. The van der Waals surface area contributed by atoms with Gasteiger partial charge in [0.15, 0.2) is 0 Å². The highest BCUT2D eigenvalue weighted by Crippen LogP contribution is 2.31. The summed E-state index contributed by atoms with van der Waals surface area (Å²) >= 11 is 0. The molecule has 3 heteroatoms. The van der Waals surface area contributed by atoms with E-state index in [1.807, 2.05) is 0 Å². The van der Waals surface area contributed by atoms with Gasteiger partial charge in [-0.2, -0.15) is 0 Å². The molecule has 0 unspecified atom stereocenters. The maximum absolute atomic E-state index is 6.31. The van der Waals surface area contributed by atoms with Crippen LogP contribution in [-0.2, 0) is 15.6 Å². The lowest BCUT2D eigenvalue weighted by atomic mass is 9.84. The Hall–Kier alpha value is -2.00. The minimum Gasteiger partial charge on any atom is -0.490 e. The van der Waals surface area contributed by atoms with Gasteiger partial charge in [0, 0.05) is 10.8 Å². The van der Waals surface area contributed by atoms with E-state index in [0.717, 1.165) is 11.5 Å². The Morgan fingerprint density at radius 1 is 0.543 bits per heavy atom. The smallest absolute Gasteiger partial charge is 0.119 e. The van der Waals surface area contributed by atoms with Gasteiger partial charge in [-0.25, -0.2) is 0 Å². The van der Waals surface area contributed by atoms with Crippen molar-refractivity contribution < 1.29 is 14.2 Å². The topological polar surface area (TPSA) is 27.7 Å². The zero-order valence-electron chi connectivity index (χ0n) is 22.5. The van der Waals surface area contributed by atoms with Crippen LogP contribution in [0.2, 0.25) is 0 Å². The summed E-state index contributed by atoms with van der Waals surface area (Å²) in [7, 11) is 0. The molecule has 0 radical (unpaired) electrons. The molecule has 3 nitrogen and oxygen atoms in total. The molecule has 2 aliphatic rings. The Labute approximate surface area is 213 Å². The van der Waals surface area contributed by atoms with E-state index in [0.29, 0.717) is 25.4 Å². The van der Waals surface area contributed by atoms with Crippen LogP contribution in [0.1, 0.15) is 103 Å². The molecule has 2 aromatic carbocycles. The minimum absolute atomic E-state index is 0.0584. The fourth-order valence-corrected chi connectivity index (χ4v) is 5.45. The first-order valence-electron chi connectivity index (χ1n) is 13.9. The fourth-order valence-electron chi connectivity index (χ4n) is 5.45. The van der Waals surface area contributed by atoms with E-state index >= 15 is 0 Å². The zero-order valence-corrected chi connectivity index (χ0v) is 22.5. The average Bonchev–Trinajstić information content (AvgIpc) is 2.86. The molecule has 4 rings (SSSR count). The average molecular weight is 479 g/mol. The molecule has 2 fully saturated rings. The molecular weight excluding hydrogens is 432 g/mol. The molecule has 192 valence electrons. The number of hydrogen-bond acceptors (Lipinski definition) is 3. The molecule has 0 saturated heterocycles. The lowest BCUT2D eigenvalue weighted by Crippen LogP contribution is -2.30. The minimum atomic E-state index is -0.0584. The number of hydrogen-bond donors (Lipinski definition) is 0. The number of benzene rings is 2. The molecular formula is C32H46O3. The van der Waals surface area contributed by atoms with Crippen LogP contribution in [0.15, 0.2) is 48.5 Å². The predicted octanol–water partition coefficient (Wildman–Crippen LogP) is 8.38. The van der Waals surface area contributed by atoms with Crippen LogP contribution < -0.4 is 9.47 Å². The highest BCUT2D eigenvalue weighted by molar-refractivity contribution is 5.33. The molecule has 2 saturated carbocycles. The number of ether oxygens (including phenoxy) is 3. The molecule has 0 bridgehead atoms. The van der Waals surface area contributed by atoms with Gasteiger partial charge in [0.2, 0.25) is 0 Å². The molecule has 2 aromatic rings. The maximum Gasteiger partial charge on any atom is 0.119 e.